The third kappa shape index (κ3) is 9.43. The van der Waals surface area contributed by atoms with Crippen LogP contribution in [0.2, 0.25) is 0 Å². The van der Waals surface area contributed by atoms with Gasteiger partial charge >= 0.3 is 22.3 Å². The second kappa shape index (κ2) is 16.1. The van der Waals surface area contributed by atoms with Crippen molar-refractivity contribution in [3.8, 4) is 0 Å². The van der Waals surface area contributed by atoms with Crippen LogP contribution in [0, 0.1) is 11.8 Å². The Morgan fingerprint density at radius 2 is 1.32 bits per heavy atom. The molecule has 15 heteroatoms. The largest absolute Gasteiger partial charge is 0.478 e. The highest BCUT2D eigenvalue weighted by molar-refractivity contribution is 7.87. The molecule has 0 spiro atoms. The molecule has 3 aliphatic heterocycles. The van der Waals surface area contributed by atoms with E-state index in [0.29, 0.717) is 23.5 Å². The van der Waals surface area contributed by atoms with Crippen molar-refractivity contribution in [1.82, 2.24) is 23.9 Å². The summed E-state index contributed by atoms with van der Waals surface area (Å²) in [6.45, 7) is 15.0. The van der Waals surface area contributed by atoms with E-state index in [-0.39, 0.29) is 56.4 Å². The van der Waals surface area contributed by atoms with Crippen molar-refractivity contribution in [3.05, 3.63) is 83.7 Å². The number of hydrogen-bond acceptors (Lipinski definition) is 10. The second-order valence-electron chi connectivity index (χ2n) is 15.4. The van der Waals surface area contributed by atoms with Gasteiger partial charge in [-0.05, 0) is 82.2 Å². The lowest BCUT2D eigenvalue weighted by Crippen LogP contribution is -2.54. The van der Waals surface area contributed by atoms with E-state index in [1.165, 1.54) is 9.21 Å². The summed E-state index contributed by atoms with van der Waals surface area (Å²) in [5.74, 6) is 0.424. The quantitative estimate of drug-likeness (QED) is 0.307. The maximum Gasteiger partial charge on any atom is 0.410 e. The highest BCUT2D eigenvalue weighted by Crippen LogP contribution is 2.38. The van der Waals surface area contributed by atoms with E-state index in [4.69, 9.17) is 4.74 Å². The summed E-state index contributed by atoms with van der Waals surface area (Å²) < 4.78 is 34.7. The van der Waals surface area contributed by atoms with Gasteiger partial charge in [-0.2, -0.15) is 12.7 Å². The van der Waals surface area contributed by atoms with Crippen LogP contribution < -0.4 is 14.5 Å². The van der Waals surface area contributed by atoms with Crippen LogP contribution in [0.3, 0.4) is 0 Å². The van der Waals surface area contributed by atoms with Crippen LogP contribution >= 0.6 is 0 Å². The Kier molecular flexibility index (Phi) is 12.0. The molecule has 2 atom stereocenters. The first-order valence-corrected chi connectivity index (χ1v) is 19.4. The van der Waals surface area contributed by atoms with Crippen LogP contribution in [0.5, 0.6) is 0 Å². The SMILES string of the molecule is C[C@@H]1CN(c2ncccc2C(=O)NS(=O)(=O)N2CCN(C(=O)OCc3ccccc3)CC2)C(C)(C)C1.C[C@@H]1CN(c2ncccc2C(=O)O)C(C)(C)C1.[HH]. The number of ether oxygens (including phenoxy) is 1. The molecule has 14 nitrogen and oxygen atoms in total. The normalized spacial score (nSPS) is 21.1. The Hall–Kier alpha value is -4.76. The maximum atomic E-state index is 13.1. The molecule has 5 heterocycles. The molecule has 0 aliphatic carbocycles. The van der Waals surface area contributed by atoms with Gasteiger partial charge in [-0.25, -0.2) is 24.3 Å². The van der Waals surface area contributed by atoms with E-state index in [0.717, 1.165) is 31.5 Å². The van der Waals surface area contributed by atoms with Crippen molar-refractivity contribution < 1.29 is 34.1 Å². The van der Waals surface area contributed by atoms with Gasteiger partial charge in [0.25, 0.3) is 5.91 Å². The topological polar surface area (TPSA) is 166 Å². The fourth-order valence-corrected chi connectivity index (χ4v) is 8.76. The van der Waals surface area contributed by atoms with Gasteiger partial charge in [-0.1, -0.05) is 44.2 Å². The molecule has 53 heavy (non-hydrogen) atoms. The van der Waals surface area contributed by atoms with E-state index in [9.17, 15) is 27.9 Å². The standard InChI is InChI=1S/C25H33N5O5S.C13H18N2O2.H2/c1-19-16-25(2,3)30(17-19)22-21(10-7-11-26-22)23(31)27-36(33,34)29-14-12-28(13-15-29)24(32)35-18-20-8-5-4-6-9-20;1-9-7-13(2,3)15(8-9)11-10(12(16)17)5-4-6-14-11;/h4-11,19H,12-18H2,1-3H3,(H,27,31);4-6,9H,7-8H2,1-3H3,(H,16,17);1H/t19-;9-;/m00./s1. The van der Waals surface area contributed by atoms with Crippen LogP contribution in [0.1, 0.15) is 82.1 Å². The minimum Gasteiger partial charge on any atom is -0.478 e. The molecule has 6 rings (SSSR count). The number of carbonyl (C=O) groups excluding carboxylic acids is 2. The van der Waals surface area contributed by atoms with Crippen molar-refractivity contribution in [2.45, 2.75) is 72.1 Å². The first kappa shape index (κ1) is 39.4. The Balaban J connectivity index is 0.000000302. The highest BCUT2D eigenvalue weighted by atomic mass is 32.2. The van der Waals surface area contributed by atoms with E-state index in [1.807, 2.05) is 30.3 Å². The predicted molar refractivity (Wildman–Crippen MR) is 204 cm³/mol. The Labute approximate surface area is 313 Å². The molecule has 2 amide bonds. The molecule has 0 saturated carbocycles. The van der Waals surface area contributed by atoms with Crippen molar-refractivity contribution in [1.29, 1.82) is 0 Å². The molecule has 2 N–H and O–H groups in total. The highest BCUT2D eigenvalue weighted by Gasteiger charge is 2.40. The number of rotatable bonds is 8. The molecule has 3 aliphatic rings. The molecule has 3 fully saturated rings. The number of aromatic nitrogens is 2. The molecular formula is C38H53N7O7S. The Morgan fingerprint density at radius 1 is 0.811 bits per heavy atom. The van der Waals surface area contributed by atoms with Crippen LogP contribution in [0.15, 0.2) is 67.0 Å². The zero-order valence-corrected chi connectivity index (χ0v) is 32.2. The number of aromatic carboxylic acids is 1. The molecule has 2 aromatic heterocycles. The first-order chi connectivity index (χ1) is 25.0. The number of nitrogens with zero attached hydrogens (tertiary/aromatic N) is 6. The van der Waals surface area contributed by atoms with E-state index in [2.05, 4.69) is 66.0 Å². The van der Waals surface area contributed by atoms with E-state index >= 15 is 0 Å². The van der Waals surface area contributed by atoms with Crippen molar-refractivity contribution in [2.24, 2.45) is 11.8 Å². The van der Waals surface area contributed by atoms with Gasteiger partial charge in [-0.15, -0.1) is 0 Å². The number of nitrogens with one attached hydrogen (secondary N) is 1. The number of carbonyl (C=O) groups is 3. The third-order valence-corrected chi connectivity index (χ3v) is 11.5. The lowest BCUT2D eigenvalue weighted by molar-refractivity contribution is 0.0696. The van der Waals surface area contributed by atoms with Gasteiger partial charge < -0.3 is 24.5 Å². The molecule has 0 radical (unpaired) electrons. The maximum absolute atomic E-state index is 13.1. The van der Waals surface area contributed by atoms with Crippen LogP contribution in [-0.2, 0) is 21.6 Å². The molecule has 0 unspecified atom stereocenters. The average molecular weight is 752 g/mol. The predicted octanol–water partition coefficient (Wildman–Crippen LogP) is 5.29. The Morgan fingerprint density at radius 3 is 1.81 bits per heavy atom. The number of pyridine rings is 2. The van der Waals surface area contributed by atoms with E-state index < -0.39 is 28.2 Å². The van der Waals surface area contributed by atoms with Gasteiger partial charge in [0, 0.05) is 64.2 Å². The number of piperazine rings is 1. The summed E-state index contributed by atoms with van der Waals surface area (Å²) in [4.78, 5) is 51.0. The van der Waals surface area contributed by atoms with E-state index in [1.54, 1.807) is 36.7 Å². The minimum absolute atomic E-state index is 0. The number of anilines is 2. The second-order valence-corrected chi connectivity index (χ2v) is 17.1. The van der Waals surface area contributed by atoms with Crippen LogP contribution in [-0.4, -0.2) is 101 Å². The van der Waals surface area contributed by atoms with Crippen LogP contribution in [0.25, 0.3) is 0 Å². The summed E-state index contributed by atoms with van der Waals surface area (Å²) in [5, 5.41) is 9.20. The zero-order chi connectivity index (χ0) is 38.6. The summed E-state index contributed by atoms with van der Waals surface area (Å²) in [5.41, 5.74) is 1.14. The number of hydrogen-bond donors (Lipinski definition) is 2. The van der Waals surface area contributed by atoms with Gasteiger partial charge in [0.05, 0.1) is 5.56 Å². The fraction of sp³-hybridized carbons (Fsp3) is 0.500. The van der Waals surface area contributed by atoms with Gasteiger partial charge in [0.1, 0.15) is 23.8 Å². The van der Waals surface area contributed by atoms with Crippen LogP contribution in [0.4, 0.5) is 16.4 Å². The van der Waals surface area contributed by atoms with Crippen molar-refractivity contribution >= 4 is 39.8 Å². The molecular weight excluding hydrogens is 699 g/mol. The molecule has 3 aromatic rings. The number of benzene rings is 1. The average Bonchev–Trinajstić information content (AvgIpc) is 3.57. The summed E-state index contributed by atoms with van der Waals surface area (Å²) in [6, 6.07) is 15.8. The molecule has 3 saturated heterocycles. The lowest BCUT2D eigenvalue weighted by atomic mass is 9.97. The zero-order valence-electron chi connectivity index (χ0n) is 31.4. The smallest absolute Gasteiger partial charge is 0.410 e. The van der Waals surface area contributed by atoms with Gasteiger partial charge in [0.15, 0.2) is 0 Å². The fourth-order valence-electron chi connectivity index (χ4n) is 7.65. The molecule has 288 valence electrons. The molecule has 0 bridgehead atoms. The molecule has 1 aromatic carbocycles. The summed E-state index contributed by atoms with van der Waals surface area (Å²) in [7, 11) is -4.11. The van der Waals surface area contributed by atoms with Gasteiger partial charge in [-0.3, -0.25) is 4.79 Å². The first-order valence-electron chi connectivity index (χ1n) is 17.9. The number of carboxylic acid groups (broad SMARTS) is 1. The van der Waals surface area contributed by atoms with Crippen molar-refractivity contribution in [3.63, 3.8) is 0 Å². The Bertz CT molecular complexity index is 1890. The summed E-state index contributed by atoms with van der Waals surface area (Å²) in [6.07, 6.45) is 4.77. The minimum atomic E-state index is -4.11. The monoisotopic (exact) mass is 751 g/mol. The summed E-state index contributed by atoms with van der Waals surface area (Å²) >= 11 is 0. The number of amides is 2. The number of carboxylic acids is 1. The lowest BCUT2D eigenvalue weighted by Gasteiger charge is -2.34. The van der Waals surface area contributed by atoms with Gasteiger partial charge in [0.2, 0.25) is 0 Å². The van der Waals surface area contributed by atoms with Crippen molar-refractivity contribution in [2.75, 3.05) is 49.1 Å². The third-order valence-electron chi connectivity index (χ3n) is 9.97.